The minimum absolute atomic E-state index is 0.146. The van der Waals surface area contributed by atoms with E-state index < -0.39 is 6.09 Å². The molecule has 0 N–H and O–H groups in total. The summed E-state index contributed by atoms with van der Waals surface area (Å²) in [5, 5.41) is 0. The summed E-state index contributed by atoms with van der Waals surface area (Å²) in [6.07, 6.45) is -0.141. The van der Waals surface area contributed by atoms with Crippen LogP contribution in [0.3, 0.4) is 0 Å². The van der Waals surface area contributed by atoms with Crippen molar-refractivity contribution in [1.29, 1.82) is 0 Å². The molecular formula is C5H9Cl2NO2. The minimum atomic E-state index is -0.738. The Morgan fingerprint density at radius 3 is 2.50 bits per heavy atom. The Morgan fingerprint density at radius 2 is 2.20 bits per heavy atom. The fourth-order valence-electron chi connectivity index (χ4n) is 0.295. The van der Waals surface area contributed by atoms with E-state index in [-0.39, 0.29) is 6.10 Å². The molecule has 0 rings (SSSR count). The Bertz CT molecular complexity index is 118. The second kappa shape index (κ2) is 4.63. The highest BCUT2D eigenvalue weighted by Crippen LogP contribution is 2.05. The number of rotatable bonds is 2. The quantitative estimate of drug-likeness (QED) is 0.620. The zero-order valence-corrected chi connectivity index (χ0v) is 7.32. The molecule has 0 aliphatic heterocycles. The van der Waals surface area contributed by atoms with E-state index in [2.05, 4.69) is 4.74 Å². The van der Waals surface area contributed by atoms with Crippen molar-refractivity contribution in [2.45, 2.75) is 26.4 Å². The van der Waals surface area contributed by atoms with Crippen LogP contribution in [-0.2, 0) is 4.74 Å². The molecule has 3 nitrogen and oxygen atoms in total. The first kappa shape index (κ1) is 9.85. The van der Waals surface area contributed by atoms with Crippen molar-refractivity contribution in [3.63, 3.8) is 0 Å². The summed E-state index contributed by atoms with van der Waals surface area (Å²) in [6, 6.07) is 0. The van der Waals surface area contributed by atoms with Gasteiger partial charge in [0.05, 0.1) is 0 Å². The van der Waals surface area contributed by atoms with E-state index in [0.29, 0.717) is 3.94 Å². The first-order valence-electron chi connectivity index (χ1n) is 2.90. The summed E-state index contributed by atoms with van der Waals surface area (Å²) < 4.78 is 5.05. The maximum absolute atomic E-state index is 10.6. The number of carbonyl (C=O) groups is 1. The summed E-state index contributed by atoms with van der Waals surface area (Å²) >= 11 is 10.1. The van der Waals surface area contributed by atoms with Crippen molar-refractivity contribution in [2.75, 3.05) is 0 Å². The van der Waals surface area contributed by atoms with Crippen LogP contribution in [0.4, 0.5) is 4.79 Å². The van der Waals surface area contributed by atoms with Gasteiger partial charge in [-0.15, -0.1) is 3.94 Å². The molecule has 0 aromatic heterocycles. The molecule has 0 saturated carbocycles. The summed E-state index contributed by atoms with van der Waals surface area (Å²) in [7, 11) is 0. The molecule has 0 aromatic carbocycles. The number of carbonyl (C=O) groups excluding carboxylic acids is 1. The first-order valence-corrected chi connectivity index (χ1v) is 3.57. The van der Waals surface area contributed by atoms with Crippen LogP contribution >= 0.6 is 23.6 Å². The van der Waals surface area contributed by atoms with E-state index in [4.69, 9.17) is 23.6 Å². The smallest absolute Gasteiger partial charge is 0.440 e. The molecule has 0 aromatic rings. The van der Waals surface area contributed by atoms with Gasteiger partial charge in [-0.3, -0.25) is 0 Å². The number of ether oxygens (including phenoxy) is 1. The Balaban J connectivity index is 3.57. The van der Waals surface area contributed by atoms with Crippen molar-refractivity contribution in [2.24, 2.45) is 0 Å². The largest absolute Gasteiger partial charge is 0.445 e. The van der Waals surface area contributed by atoms with Gasteiger partial charge in [0.15, 0.2) is 0 Å². The van der Waals surface area contributed by atoms with Gasteiger partial charge in [-0.2, -0.15) is 0 Å². The minimum Gasteiger partial charge on any atom is -0.445 e. The van der Waals surface area contributed by atoms with Gasteiger partial charge < -0.3 is 4.74 Å². The normalized spacial score (nSPS) is 12.4. The fraction of sp³-hybridized carbons (Fsp3) is 0.800. The lowest BCUT2D eigenvalue weighted by Crippen LogP contribution is -2.19. The zero-order chi connectivity index (χ0) is 8.15. The molecule has 60 valence electrons. The third-order valence-electron chi connectivity index (χ3n) is 1.01. The molecule has 1 atom stereocenters. The maximum atomic E-state index is 10.6. The third-order valence-corrected chi connectivity index (χ3v) is 1.29. The molecule has 1 amide bonds. The second-order valence-corrected chi connectivity index (χ2v) is 2.68. The number of nitrogens with zero attached hydrogens (tertiary/aromatic N) is 1. The summed E-state index contributed by atoms with van der Waals surface area (Å²) in [5.74, 6) is 0. The van der Waals surface area contributed by atoms with E-state index in [9.17, 15) is 4.79 Å². The Hall–Kier alpha value is -0.150. The monoisotopic (exact) mass is 185 g/mol. The van der Waals surface area contributed by atoms with Crippen molar-refractivity contribution in [3.05, 3.63) is 0 Å². The zero-order valence-electron chi connectivity index (χ0n) is 5.80. The van der Waals surface area contributed by atoms with Crippen LogP contribution in [-0.4, -0.2) is 16.1 Å². The molecule has 0 aliphatic carbocycles. The summed E-state index contributed by atoms with van der Waals surface area (Å²) in [6.45, 7) is 3.65. The van der Waals surface area contributed by atoms with E-state index in [1.165, 1.54) is 0 Å². The number of amides is 1. The third kappa shape index (κ3) is 3.80. The molecule has 0 aliphatic rings. The van der Waals surface area contributed by atoms with Crippen LogP contribution in [0.25, 0.3) is 0 Å². The van der Waals surface area contributed by atoms with Crippen LogP contribution in [0.5, 0.6) is 0 Å². The van der Waals surface area contributed by atoms with Crippen molar-refractivity contribution in [3.8, 4) is 0 Å². The highest BCUT2D eigenvalue weighted by molar-refractivity contribution is 6.40. The lowest BCUT2D eigenvalue weighted by molar-refractivity contribution is 0.0991. The molecule has 10 heavy (non-hydrogen) atoms. The summed E-state index contributed by atoms with van der Waals surface area (Å²) in [5.41, 5.74) is 0. The molecule has 0 saturated heterocycles. The molecule has 0 fully saturated rings. The number of halogens is 2. The van der Waals surface area contributed by atoms with Crippen LogP contribution in [0.2, 0.25) is 0 Å². The van der Waals surface area contributed by atoms with Gasteiger partial charge in [0, 0.05) is 23.6 Å². The van der Waals surface area contributed by atoms with Crippen LogP contribution in [0.1, 0.15) is 20.3 Å². The molecule has 1 unspecified atom stereocenters. The standard InChI is InChI=1S/C5H9Cl2NO2/c1-3-4(2)10-5(9)8(6)7/h4H,3H2,1-2H3. The van der Waals surface area contributed by atoms with Gasteiger partial charge in [-0.05, 0) is 13.3 Å². The average Bonchev–Trinajstić information content (AvgIpc) is 1.87. The molecular weight excluding hydrogens is 177 g/mol. The lowest BCUT2D eigenvalue weighted by atomic mass is 10.3. The Labute approximate surface area is 70.1 Å². The summed E-state index contributed by atoms with van der Waals surface area (Å²) in [4.78, 5) is 10.6. The van der Waals surface area contributed by atoms with E-state index in [0.717, 1.165) is 6.42 Å². The van der Waals surface area contributed by atoms with Crippen molar-refractivity contribution < 1.29 is 9.53 Å². The Kier molecular flexibility index (Phi) is 4.56. The predicted molar refractivity (Wildman–Crippen MR) is 39.8 cm³/mol. The number of hydrogen-bond acceptors (Lipinski definition) is 2. The second-order valence-electron chi connectivity index (χ2n) is 1.84. The number of hydrogen-bond donors (Lipinski definition) is 0. The van der Waals surface area contributed by atoms with E-state index in [1.54, 1.807) is 6.92 Å². The fourth-order valence-corrected chi connectivity index (χ4v) is 0.375. The van der Waals surface area contributed by atoms with Gasteiger partial charge in [-0.25, -0.2) is 4.79 Å². The van der Waals surface area contributed by atoms with Crippen LogP contribution < -0.4 is 0 Å². The highest BCUT2D eigenvalue weighted by Gasteiger charge is 2.12. The predicted octanol–water partition coefficient (Wildman–Crippen LogP) is 2.53. The van der Waals surface area contributed by atoms with E-state index >= 15 is 0 Å². The maximum Gasteiger partial charge on any atom is 0.440 e. The molecule has 5 heteroatoms. The molecule has 0 radical (unpaired) electrons. The van der Waals surface area contributed by atoms with Crippen LogP contribution in [0.15, 0.2) is 0 Å². The first-order chi connectivity index (χ1) is 4.57. The SMILES string of the molecule is CCC(C)OC(=O)N(Cl)Cl. The van der Waals surface area contributed by atoms with Gasteiger partial charge >= 0.3 is 6.09 Å². The van der Waals surface area contributed by atoms with E-state index in [1.807, 2.05) is 6.92 Å². The topological polar surface area (TPSA) is 29.5 Å². The Morgan fingerprint density at radius 1 is 1.70 bits per heavy atom. The highest BCUT2D eigenvalue weighted by atomic mass is 35.5. The molecule has 0 spiro atoms. The van der Waals surface area contributed by atoms with Gasteiger partial charge in [0.25, 0.3) is 0 Å². The molecule has 0 heterocycles. The van der Waals surface area contributed by atoms with Gasteiger partial charge in [0.1, 0.15) is 6.10 Å². The van der Waals surface area contributed by atoms with Gasteiger partial charge in [0.2, 0.25) is 0 Å². The average molecular weight is 186 g/mol. The van der Waals surface area contributed by atoms with Crippen molar-refractivity contribution in [1.82, 2.24) is 3.94 Å². The van der Waals surface area contributed by atoms with Crippen molar-refractivity contribution >= 4 is 29.6 Å². The van der Waals surface area contributed by atoms with Crippen LogP contribution in [0, 0.1) is 0 Å². The lowest BCUT2D eigenvalue weighted by Gasteiger charge is -2.11. The van der Waals surface area contributed by atoms with Gasteiger partial charge in [-0.1, -0.05) is 6.92 Å². The molecule has 0 bridgehead atoms.